The predicted octanol–water partition coefficient (Wildman–Crippen LogP) is 3.65. The third-order valence-electron chi connectivity index (χ3n) is 4.38. The highest BCUT2D eigenvalue weighted by molar-refractivity contribution is 7.98. The van der Waals surface area contributed by atoms with Crippen molar-refractivity contribution in [2.24, 2.45) is 0 Å². The Kier molecular flexibility index (Phi) is 4.71. The van der Waals surface area contributed by atoms with E-state index < -0.39 is 0 Å². The van der Waals surface area contributed by atoms with Crippen LogP contribution in [0.3, 0.4) is 0 Å². The van der Waals surface area contributed by atoms with Crippen molar-refractivity contribution in [3.8, 4) is 28.4 Å². The molecule has 0 saturated carbocycles. The number of phenolic OH excluding ortho intramolecular Hbond substituents is 1. The average molecular weight is 344 g/mol. The monoisotopic (exact) mass is 344 g/mol. The SMILES string of the molecule is COc1c(O)cc2c(c1OC)-c1ccc(SC)c(=O)cc1CCC2. The van der Waals surface area contributed by atoms with Crippen LogP contribution in [0.1, 0.15) is 17.5 Å². The van der Waals surface area contributed by atoms with Gasteiger partial charge in [0.1, 0.15) is 0 Å². The van der Waals surface area contributed by atoms with Crippen LogP contribution < -0.4 is 14.9 Å². The summed E-state index contributed by atoms with van der Waals surface area (Å²) < 4.78 is 10.9. The van der Waals surface area contributed by atoms with Crippen LogP contribution >= 0.6 is 11.8 Å². The van der Waals surface area contributed by atoms with E-state index in [2.05, 4.69) is 0 Å². The van der Waals surface area contributed by atoms with Crippen LogP contribution in [0.2, 0.25) is 0 Å². The molecule has 1 N–H and O–H groups in total. The molecule has 0 aromatic heterocycles. The zero-order chi connectivity index (χ0) is 17.3. The van der Waals surface area contributed by atoms with Crippen LogP contribution in [0.5, 0.6) is 17.2 Å². The lowest BCUT2D eigenvalue weighted by molar-refractivity contribution is 0.333. The zero-order valence-corrected chi connectivity index (χ0v) is 14.8. The smallest absolute Gasteiger partial charge is 0.203 e. The second kappa shape index (κ2) is 6.77. The summed E-state index contributed by atoms with van der Waals surface area (Å²) in [5.74, 6) is 0.911. The minimum Gasteiger partial charge on any atom is -0.504 e. The first kappa shape index (κ1) is 16.7. The molecule has 1 aliphatic rings. The minimum atomic E-state index is 0.0388. The van der Waals surface area contributed by atoms with Crippen LogP contribution in [0.4, 0.5) is 0 Å². The standard InChI is InChI=1S/C19H20O4S/c1-22-18-15(21)10-12-6-4-5-11-9-14(20)16(24-3)8-7-13(11)17(12)19(18)23-2/h7-10,21H,4-6H2,1-3H3. The van der Waals surface area contributed by atoms with Gasteiger partial charge in [-0.2, -0.15) is 0 Å². The Bertz CT molecular complexity index is 846. The summed E-state index contributed by atoms with van der Waals surface area (Å²) in [7, 11) is 3.07. The fourth-order valence-corrected chi connectivity index (χ4v) is 3.77. The van der Waals surface area contributed by atoms with E-state index in [0.717, 1.165) is 41.5 Å². The van der Waals surface area contributed by atoms with Gasteiger partial charge in [-0.3, -0.25) is 4.79 Å². The lowest BCUT2D eigenvalue weighted by atomic mass is 9.96. The van der Waals surface area contributed by atoms with E-state index in [4.69, 9.17) is 9.47 Å². The molecule has 1 aliphatic carbocycles. The highest BCUT2D eigenvalue weighted by atomic mass is 32.2. The maximum absolute atomic E-state index is 12.4. The van der Waals surface area contributed by atoms with Crippen LogP contribution in [0, 0.1) is 0 Å². The third-order valence-corrected chi connectivity index (χ3v) is 5.16. The number of ether oxygens (including phenoxy) is 2. The molecule has 0 radical (unpaired) electrons. The van der Waals surface area contributed by atoms with E-state index >= 15 is 0 Å². The molecule has 2 aromatic carbocycles. The molecule has 0 saturated heterocycles. The van der Waals surface area contributed by atoms with Crippen molar-refractivity contribution < 1.29 is 14.6 Å². The Morgan fingerprint density at radius 3 is 2.42 bits per heavy atom. The van der Waals surface area contributed by atoms with Crippen LogP contribution in [0.25, 0.3) is 11.1 Å². The van der Waals surface area contributed by atoms with Crippen molar-refractivity contribution >= 4 is 11.8 Å². The molecule has 0 unspecified atom stereocenters. The number of rotatable bonds is 3. The number of hydrogen-bond acceptors (Lipinski definition) is 5. The summed E-state index contributed by atoms with van der Waals surface area (Å²) in [6, 6.07) is 7.31. The fraction of sp³-hybridized carbons (Fsp3) is 0.316. The van der Waals surface area contributed by atoms with Crippen LogP contribution in [-0.4, -0.2) is 25.6 Å². The molecule has 0 atom stereocenters. The zero-order valence-electron chi connectivity index (χ0n) is 14.0. The molecule has 0 bridgehead atoms. The van der Waals surface area contributed by atoms with E-state index in [9.17, 15) is 9.90 Å². The van der Waals surface area contributed by atoms with Gasteiger partial charge in [0.25, 0.3) is 0 Å². The first-order valence-electron chi connectivity index (χ1n) is 7.79. The molecule has 0 heterocycles. The number of phenols is 1. The number of aromatic hydroxyl groups is 1. The van der Waals surface area contributed by atoms with Gasteiger partial charge >= 0.3 is 0 Å². The van der Waals surface area contributed by atoms with E-state index in [-0.39, 0.29) is 11.2 Å². The Morgan fingerprint density at radius 2 is 1.75 bits per heavy atom. The molecule has 0 spiro atoms. The quantitative estimate of drug-likeness (QED) is 0.862. The molecule has 2 aromatic rings. The minimum absolute atomic E-state index is 0.0388. The topological polar surface area (TPSA) is 55.8 Å². The summed E-state index contributed by atoms with van der Waals surface area (Å²) >= 11 is 1.45. The number of aryl methyl sites for hydroxylation is 2. The van der Waals surface area contributed by atoms with Crippen LogP contribution in [-0.2, 0) is 12.8 Å². The fourth-order valence-electron chi connectivity index (χ4n) is 3.31. The molecular weight excluding hydrogens is 324 g/mol. The molecule has 0 aliphatic heterocycles. The molecule has 4 nitrogen and oxygen atoms in total. The van der Waals surface area contributed by atoms with Gasteiger partial charge in [0.15, 0.2) is 16.9 Å². The van der Waals surface area contributed by atoms with Crippen molar-refractivity contribution in [2.75, 3.05) is 20.5 Å². The van der Waals surface area contributed by atoms with Crippen molar-refractivity contribution in [3.63, 3.8) is 0 Å². The van der Waals surface area contributed by atoms with E-state index in [1.54, 1.807) is 19.2 Å². The summed E-state index contributed by atoms with van der Waals surface area (Å²) in [4.78, 5) is 13.1. The predicted molar refractivity (Wildman–Crippen MR) is 96.7 cm³/mol. The van der Waals surface area contributed by atoms with Gasteiger partial charge in [-0.05, 0) is 60.4 Å². The molecule has 3 rings (SSSR count). The maximum Gasteiger partial charge on any atom is 0.203 e. The van der Waals surface area contributed by atoms with Gasteiger partial charge in [-0.1, -0.05) is 6.07 Å². The Hall–Kier alpha value is -2.14. The van der Waals surface area contributed by atoms with Gasteiger partial charge in [0.05, 0.1) is 19.1 Å². The molecule has 0 amide bonds. The van der Waals surface area contributed by atoms with Gasteiger partial charge in [0, 0.05) is 5.56 Å². The Morgan fingerprint density at radius 1 is 1.04 bits per heavy atom. The second-order valence-electron chi connectivity index (χ2n) is 5.70. The normalized spacial score (nSPS) is 12.8. The number of fused-ring (bicyclic) bond motifs is 3. The Labute approximate surface area is 145 Å². The second-order valence-corrected chi connectivity index (χ2v) is 6.55. The first-order valence-corrected chi connectivity index (χ1v) is 9.01. The molecule has 0 fully saturated rings. The highest BCUT2D eigenvalue weighted by Gasteiger charge is 2.24. The molecule has 5 heteroatoms. The summed E-state index contributed by atoms with van der Waals surface area (Å²) in [5, 5.41) is 10.2. The van der Waals surface area contributed by atoms with E-state index in [0.29, 0.717) is 16.4 Å². The molecular formula is C19H20O4S. The Balaban J connectivity index is 2.40. The summed E-state index contributed by atoms with van der Waals surface area (Å²) in [6.07, 6.45) is 4.43. The van der Waals surface area contributed by atoms with Gasteiger partial charge in [0.2, 0.25) is 5.75 Å². The lowest BCUT2D eigenvalue weighted by Crippen LogP contribution is -1.99. The average Bonchev–Trinajstić information content (AvgIpc) is 2.82. The number of hydrogen-bond donors (Lipinski definition) is 1. The van der Waals surface area contributed by atoms with Gasteiger partial charge in [-0.25, -0.2) is 0 Å². The summed E-state index contributed by atoms with van der Waals surface area (Å²) in [6.45, 7) is 0. The number of methoxy groups -OCH3 is 2. The van der Waals surface area contributed by atoms with Crippen molar-refractivity contribution in [1.29, 1.82) is 0 Å². The molecule has 24 heavy (non-hydrogen) atoms. The van der Waals surface area contributed by atoms with E-state index in [1.165, 1.54) is 18.9 Å². The van der Waals surface area contributed by atoms with Crippen LogP contribution in [0.15, 0.2) is 34.0 Å². The third kappa shape index (κ3) is 2.73. The lowest BCUT2D eigenvalue weighted by Gasteiger charge is -2.17. The van der Waals surface area contributed by atoms with E-state index in [1.807, 2.05) is 18.4 Å². The molecule has 126 valence electrons. The van der Waals surface area contributed by atoms with Crippen molar-refractivity contribution in [2.45, 2.75) is 24.2 Å². The van der Waals surface area contributed by atoms with Crippen molar-refractivity contribution in [3.05, 3.63) is 45.6 Å². The van der Waals surface area contributed by atoms with Crippen molar-refractivity contribution in [1.82, 2.24) is 0 Å². The number of thioether (sulfide) groups is 1. The largest absolute Gasteiger partial charge is 0.504 e. The van der Waals surface area contributed by atoms with Gasteiger partial charge in [-0.15, -0.1) is 11.8 Å². The highest BCUT2D eigenvalue weighted by Crippen LogP contribution is 2.48. The first-order chi connectivity index (χ1) is 11.6. The number of benzene rings is 1. The maximum atomic E-state index is 12.4. The van der Waals surface area contributed by atoms with Gasteiger partial charge < -0.3 is 14.6 Å². The summed E-state index contributed by atoms with van der Waals surface area (Å²) in [5.41, 5.74) is 3.92.